The van der Waals surface area contributed by atoms with Crippen molar-refractivity contribution < 1.29 is 0 Å². The van der Waals surface area contributed by atoms with Crippen molar-refractivity contribution in [1.29, 1.82) is 0 Å². The summed E-state index contributed by atoms with van der Waals surface area (Å²) in [6.07, 6.45) is 0. The Hall–Kier alpha value is -5.64. The number of thiophene rings is 1. The number of anilines is 3. The molecule has 0 amide bonds. The van der Waals surface area contributed by atoms with Crippen LogP contribution in [0.5, 0.6) is 0 Å². The van der Waals surface area contributed by atoms with Gasteiger partial charge in [-0.15, -0.1) is 11.3 Å². The highest BCUT2D eigenvalue weighted by Crippen LogP contribution is 2.46. The van der Waals surface area contributed by atoms with E-state index in [2.05, 4.69) is 179 Å². The Morgan fingerprint density at radius 3 is 1.87 bits per heavy atom. The summed E-state index contributed by atoms with van der Waals surface area (Å²) in [5, 5.41) is 5.10. The molecule has 45 heavy (non-hydrogen) atoms. The minimum absolute atomic E-state index is 1.12. The molecule has 0 bridgehead atoms. The van der Waals surface area contributed by atoms with E-state index in [-0.39, 0.29) is 0 Å². The fourth-order valence-electron chi connectivity index (χ4n) is 6.75. The lowest BCUT2D eigenvalue weighted by atomic mass is 9.98. The SMILES string of the molecule is c1ccc(-c2cc3c4ccccc4n(-c4ccccc4)c3cc2N(c2ccccc2)c2ccc3c(c2)sc2ccccc23)cc1. The van der Waals surface area contributed by atoms with Crippen LogP contribution < -0.4 is 4.90 Å². The molecule has 0 unspecified atom stereocenters. The van der Waals surface area contributed by atoms with E-state index in [1.807, 2.05) is 11.3 Å². The average molecular weight is 593 g/mol. The topological polar surface area (TPSA) is 8.17 Å². The van der Waals surface area contributed by atoms with Crippen LogP contribution in [0.4, 0.5) is 17.1 Å². The van der Waals surface area contributed by atoms with Crippen LogP contribution in [0.2, 0.25) is 0 Å². The zero-order valence-corrected chi connectivity index (χ0v) is 25.3. The van der Waals surface area contributed by atoms with Crippen LogP contribution in [-0.4, -0.2) is 4.57 Å². The molecule has 0 aliphatic carbocycles. The summed E-state index contributed by atoms with van der Waals surface area (Å²) in [6.45, 7) is 0. The van der Waals surface area contributed by atoms with Crippen molar-refractivity contribution in [3.05, 3.63) is 170 Å². The summed E-state index contributed by atoms with van der Waals surface area (Å²) in [5.74, 6) is 0. The van der Waals surface area contributed by atoms with E-state index in [4.69, 9.17) is 0 Å². The first-order valence-corrected chi connectivity index (χ1v) is 16.1. The van der Waals surface area contributed by atoms with Gasteiger partial charge in [-0.25, -0.2) is 0 Å². The monoisotopic (exact) mass is 592 g/mol. The number of hydrogen-bond acceptors (Lipinski definition) is 2. The van der Waals surface area contributed by atoms with E-state index in [1.165, 1.54) is 53.1 Å². The van der Waals surface area contributed by atoms with Crippen LogP contribution in [-0.2, 0) is 0 Å². The zero-order valence-electron chi connectivity index (χ0n) is 24.5. The van der Waals surface area contributed by atoms with Gasteiger partial charge in [0.1, 0.15) is 0 Å². The van der Waals surface area contributed by atoms with Gasteiger partial charge in [0.25, 0.3) is 0 Å². The molecule has 9 rings (SSSR count). The molecule has 0 aliphatic heterocycles. The Labute approximate surface area is 265 Å². The molecule has 2 heterocycles. The first-order valence-electron chi connectivity index (χ1n) is 15.3. The molecule has 0 saturated heterocycles. The Bertz CT molecular complexity index is 2470. The molecule has 0 spiro atoms. The van der Waals surface area contributed by atoms with Crippen LogP contribution in [0.1, 0.15) is 0 Å². The largest absolute Gasteiger partial charge is 0.310 e. The summed E-state index contributed by atoms with van der Waals surface area (Å²) in [4.78, 5) is 2.43. The molecular weight excluding hydrogens is 565 g/mol. The standard InChI is InChI=1S/C42H28N2S/c1-4-14-29(15-5-1)36-27-37-33-20-10-12-22-38(33)44(31-18-8-3-9-19-31)40(37)28-39(36)43(30-16-6-2-7-17-30)32-24-25-35-34-21-11-13-23-41(34)45-42(35)26-32/h1-28H. The summed E-state index contributed by atoms with van der Waals surface area (Å²) < 4.78 is 5.01. The van der Waals surface area contributed by atoms with Gasteiger partial charge in [0.05, 0.1) is 16.7 Å². The zero-order chi connectivity index (χ0) is 29.7. The predicted octanol–water partition coefficient (Wildman–Crippen LogP) is 12.3. The van der Waals surface area contributed by atoms with Crippen LogP contribution in [0.15, 0.2) is 170 Å². The lowest BCUT2D eigenvalue weighted by Gasteiger charge is -2.28. The highest BCUT2D eigenvalue weighted by Gasteiger charge is 2.22. The maximum absolute atomic E-state index is 2.43. The van der Waals surface area contributed by atoms with Gasteiger partial charge >= 0.3 is 0 Å². The molecule has 2 aromatic heterocycles. The van der Waals surface area contributed by atoms with Gasteiger partial charge in [0, 0.05) is 53.6 Å². The third-order valence-corrected chi connectivity index (χ3v) is 9.90. The van der Waals surface area contributed by atoms with Crippen molar-refractivity contribution in [2.45, 2.75) is 0 Å². The van der Waals surface area contributed by atoms with Gasteiger partial charge < -0.3 is 9.47 Å². The minimum atomic E-state index is 1.12. The van der Waals surface area contributed by atoms with Gasteiger partial charge in [0.15, 0.2) is 0 Å². The normalized spacial score (nSPS) is 11.6. The van der Waals surface area contributed by atoms with Crippen LogP contribution in [0, 0.1) is 0 Å². The van der Waals surface area contributed by atoms with E-state index in [0.717, 1.165) is 22.7 Å². The van der Waals surface area contributed by atoms with Crippen LogP contribution in [0.3, 0.4) is 0 Å². The molecule has 212 valence electrons. The fraction of sp³-hybridized carbons (Fsp3) is 0. The van der Waals surface area contributed by atoms with Gasteiger partial charge in [0.2, 0.25) is 0 Å². The third-order valence-electron chi connectivity index (χ3n) is 8.77. The highest BCUT2D eigenvalue weighted by atomic mass is 32.1. The number of fused-ring (bicyclic) bond motifs is 6. The van der Waals surface area contributed by atoms with E-state index in [9.17, 15) is 0 Å². The van der Waals surface area contributed by atoms with E-state index in [1.54, 1.807) is 0 Å². The fourth-order valence-corrected chi connectivity index (χ4v) is 7.89. The molecule has 9 aromatic rings. The van der Waals surface area contributed by atoms with Gasteiger partial charge in [-0.1, -0.05) is 109 Å². The number of benzene rings is 7. The van der Waals surface area contributed by atoms with E-state index >= 15 is 0 Å². The summed E-state index contributed by atoms with van der Waals surface area (Å²) in [5.41, 5.74) is 9.32. The second kappa shape index (κ2) is 10.5. The molecule has 0 atom stereocenters. The summed E-state index contributed by atoms with van der Waals surface area (Å²) in [6, 6.07) is 61.4. The van der Waals surface area contributed by atoms with Gasteiger partial charge in [-0.3, -0.25) is 0 Å². The Morgan fingerprint density at radius 1 is 0.422 bits per heavy atom. The molecule has 0 saturated carbocycles. The summed E-state index contributed by atoms with van der Waals surface area (Å²) in [7, 11) is 0. The number of aromatic nitrogens is 1. The minimum Gasteiger partial charge on any atom is -0.310 e. The molecule has 7 aromatic carbocycles. The van der Waals surface area contributed by atoms with Crippen molar-refractivity contribution in [2.24, 2.45) is 0 Å². The van der Waals surface area contributed by atoms with Crippen molar-refractivity contribution in [3.8, 4) is 16.8 Å². The van der Waals surface area contributed by atoms with E-state index < -0.39 is 0 Å². The lowest BCUT2D eigenvalue weighted by molar-refractivity contribution is 1.18. The smallest absolute Gasteiger partial charge is 0.0562 e. The Kier molecular flexibility index (Phi) is 6.03. The quantitative estimate of drug-likeness (QED) is 0.193. The van der Waals surface area contributed by atoms with E-state index in [0.29, 0.717) is 0 Å². The Balaban J connectivity index is 1.39. The molecule has 2 nitrogen and oxygen atoms in total. The maximum Gasteiger partial charge on any atom is 0.0562 e. The van der Waals surface area contributed by atoms with Crippen molar-refractivity contribution >= 4 is 70.4 Å². The van der Waals surface area contributed by atoms with Crippen LogP contribution in [0.25, 0.3) is 58.8 Å². The van der Waals surface area contributed by atoms with Gasteiger partial charge in [-0.2, -0.15) is 0 Å². The first kappa shape index (κ1) is 25.8. The second-order valence-corrected chi connectivity index (χ2v) is 12.5. The third kappa shape index (κ3) is 4.24. The molecule has 0 N–H and O–H groups in total. The van der Waals surface area contributed by atoms with Gasteiger partial charge in [-0.05, 0) is 66.2 Å². The molecule has 0 radical (unpaired) electrons. The molecule has 0 aliphatic rings. The predicted molar refractivity (Wildman–Crippen MR) is 194 cm³/mol. The molecule has 3 heteroatoms. The van der Waals surface area contributed by atoms with Crippen molar-refractivity contribution in [3.63, 3.8) is 0 Å². The number of nitrogens with zero attached hydrogens (tertiary/aromatic N) is 2. The second-order valence-electron chi connectivity index (χ2n) is 11.4. The van der Waals surface area contributed by atoms with Crippen LogP contribution >= 0.6 is 11.3 Å². The lowest BCUT2D eigenvalue weighted by Crippen LogP contribution is -2.11. The highest BCUT2D eigenvalue weighted by molar-refractivity contribution is 7.25. The first-order chi connectivity index (χ1) is 22.3. The average Bonchev–Trinajstić information content (AvgIpc) is 3.64. The molecule has 0 fully saturated rings. The number of hydrogen-bond donors (Lipinski definition) is 0. The maximum atomic E-state index is 2.43. The Morgan fingerprint density at radius 2 is 1.07 bits per heavy atom. The summed E-state index contributed by atoms with van der Waals surface area (Å²) >= 11 is 1.86. The van der Waals surface area contributed by atoms with Crippen molar-refractivity contribution in [2.75, 3.05) is 4.90 Å². The number of rotatable bonds is 5. The van der Waals surface area contributed by atoms with Crippen molar-refractivity contribution in [1.82, 2.24) is 4.57 Å². The number of para-hydroxylation sites is 3. The molecular formula is C42H28N2S.